The van der Waals surface area contributed by atoms with Gasteiger partial charge >= 0.3 is 0 Å². The first kappa shape index (κ1) is 15.9. The minimum atomic E-state index is -3.85. The summed E-state index contributed by atoms with van der Waals surface area (Å²) in [6.45, 7) is 0.403. The molecule has 7 heteroatoms. The minimum Gasteiger partial charge on any atom is -0.316 e. The van der Waals surface area contributed by atoms with Gasteiger partial charge < -0.3 is 5.32 Å². The van der Waals surface area contributed by atoms with E-state index in [9.17, 15) is 12.8 Å². The number of nitrogens with one attached hydrogen (secondary N) is 2. The molecule has 0 aliphatic carbocycles. The number of hydrogen-bond donors (Lipinski definition) is 2. The van der Waals surface area contributed by atoms with Crippen LogP contribution in [0.5, 0.6) is 0 Å². The van der Waals surface area contributed by atoms with Crippen molar-refractivity contribution in [2.75, 3.05) is 11.8 Å². The van der Waals surface area contributed by atoms with E-state index >= 15 is 0 Å². The lowest BCUT2D eigenvalue weighted by molar-refractivity contribution is 0.596. The van der Waals surface area contributed by atoms with Gasteiger partial charge in [0.25, 0.3) is 10.0 Å². The van der Waals surface area contributed by atoms with Gasteiger partial charge in [-0.15, -0.1) is 0 Å². The highest BCUT2D eigenvalue weighted by molar-refractivity contribution is 9.10. The number of anilines is 1. The van der Waals surface area contributed by atoms with Gasteiger partial charge in [0.15, 0.2) is 0 Å². The lowest BCUT2D eigenvalue weighted by atomic mass is 10.2. The Balaban J connectivity index is 2.39. The van der Waals surface area contributed by atoms with E-state index in [2.05, 4.69) is 26.0 Å². The first-order valence-corrected chi connectivity index (χ1v) is 8.42. The second kappa shape index (κ2) is 6.55. The average Bonchev–Trinajstić information content (AvgIpc) is 2.43. The number of sulfonamides is 1. The summed E-state index contributed by atoms with van der Waals surface area (Å²) in [6.07, 6.45) is 0. The standard InChI is InChI=1S/C14H14BrFN2O2S/c1-17-9-10-4-2-3-5-14(10)21(19,20)18-13-7-6-11(15)8-12(13)16/h2-8,17-18H,9H2,1H3. The molecule has 0 heterocycles. The fourth-order valence-electron chi connectivity index (χ4n) is 1.87. The van der Waals surface area contributed by atoms with E-state index in [0.29, 0.717) is 16.6 Å². The summed E-state index contributed by atoms with van der Waals surface area (Å²) in [7, 11) is -2.12. The Bertz CT molecular complexity index is 750. The number of hydrogen-bond acceptors (Lipinski definition) is 3. The Labute approximate surface area is 131 Å². The third-order valence-electron chi connectivity index (χ3n) is 2.80. The molecule has 112 valence electrons. The predicted molar refractivity (Wildman–Crippen MR) is 84.1 cm³/mol. The van der Waals surface area contributed by atoms with Gasteiger partial charge in [-0.25, -0.2) is 12.8 Å². The van der Waals surface area contributed by atoms with Gasteiger partial charge in [0.2, 0.25) is 0 Å². The lowest BCUT2D eigenvalue weighted by Gasteiger charge is -2.12. The fourth-order valence-corrected chi connectivity index (χ4v) is 3.52. The van der Waals surface area contributed by atoms with Crippen LogP contribution in [0.2, 0.25) is 0 Å². The zero-order valence-corrected chi connectivity index (χ0v) is 13.6. The van der Waals surface area contributed by atoms with Gasteiger partial charge in [-0.2, -0.15) is 0 Å². The molecule has 0 aliphatic rings. The van der Waals surface area contributed by atoms with Crippen LogP contribution >= 0.6 is 15.9 Å². The second-order valence-corrected chi connectivity index (χ2v) is 6.93. The fraction of sp³-hybridized carbons (Fsp3) is 0.143. The van der Waals surface area contributed by atoms with E-state index in [-0.39, 0.29) is 10.6 Å². The highest BCUT2D eigenvalue weighted by Gasteiger charge is 2.19. The third kappa shape index (κ3) is 3.81. The van der Waals surface area contributed by atoms with E-state index in [4.69, 9.17) is 0 Å². The molecular weight excluding hydrogens is 359 g/mol. The maximum absolute atomic E-state index is 13.8. The van der Waals surface area contributed by atoms with Crippen molar-refractivity contribution in [1.29, 1.82) is 0 Å². The molecule has 0 saturated heterocycles. The molecular formula is C14H14BrFN2O2S. The predicted octanol–water partition coefficient (Wildman–Crippen LogP) is 3.11. The van der Waals surface area contributed by atoms with Gasteiger partial charge in [-0.3, -0.25) is 4.72 Å². The average molecular weight is 373 g/mol. The van der Waals surface area contributed by atoms with Crippen LogP contribution < -0.4 is 10.0 Å². The maximum atomic E-state index is 13.8. The Hall–Kier alpha value is -1.44. The molecule has 0 amide bonds. The Morgan fingerprint density at radius 2 is 1.90 bits per heavy atom. The molecule has 0 bridgehead atoms. The van der Waals surface area contributed by atoms with E-state index < -0.39 is 15.8 Å². The van der Waals surface area contributed by atoms with Crippen LogP contribution in [0, 0.1) is 5.82 Å². The Morgan fingerprint density at radius 3 is 2.57 bits per heavy atom. The number of halogens is 2. The van der Waals surface area contributed by atoms with Crippen molar-refractivity contribution in [3.8, 4) is 0 Å². The lowest BCUT2D eigenvalue weighted by Crippen LogP contribution is -2.18. The number of rotatable bonds is 5. The van der Waals surface area contributed by atoms with Crippen molar-refractivity contribution in [2.45, 2.75) is 11.4 Å². The summed E-state index contributed by atoms with van der Waals surface area (Å²) in [5.74, 6) is -0.640. The highest BCUT2D eigenvalue weighted by atomic mass is 79.9. The van der Waals surface area contributed by atoms with Crippen molar-refractivity contribution >= 4 is 31.6 Å². The molecule has 2 N–H and O–H groups in total. The van der Waals surface area contributed by atoms with E-state index in [1.54, 1.807) is 31.3 Å². The summed E-state index contributed by atoms with van der Waals surface area (Å²) in [6, 6.07) is 10.7. The Morgan fingerprint density at radius 1 is 1.19 bits per heavy atom. The molecule has 2 aromatic carbocycles. The highest BCUT2D eigenvalue weighted by Crippen LogP contribution is 2.24. The van der Waals surface area contributed by atoms with Crippen molar-refractivity contribution in [3.63, 3.8) is 0 Å². The summed E-state index contributed by atoms with van der Waals surface area (Å²) >= 11 is 3.13. The van der Waals surface area contributed by atoms with Crippen LogP contribution in [-0.4, -0.2) is 15.5 Å². The Kier molecular flexibility index (Phi) is 4.97. The van der Waals surface area contributed by atoms with Crippen LogP contribution in [0.4, 0.5) is 10.1 Å². The van der Waals surface area contributed by atoms with Crippen LogP contribution in [0.25, 0.3) is 0 Å². The van der Waals surface area contributed by atoms with Crippen LogP contribution in [-0.2, 0) is 16.6 Å². The second-order valence-electron chi connectivity index (χ2n) is 4.37. The molecule has 2 aromatic rings. The van der Waals surface area contributed by atoms with Crippen LogP contribution in [0.3, 0.4) is 0 Å². The monoisotopic (exact) mass is 372 g/mol. The molecule has 21 heavy (non-hydrogen) atoms. The van der Waals surface area contributed by atoms with Crippen LogP contribution in [0.15, 0.2) is 51.8 Å². The van der Waals surface area contributed by atoms with Crippen molar-refractivity contribution in [3.05, 3.63) is 58.3 Å². The smallest absolute Gasteiger partial charge is 0.262 e. The van der Waals surface area contributed by atoms with Gasteiger partial charge in [0, 0.05) is 11.0 Å². The maximum Gasteiger partial charge on any atom is 0.262 e. The topological polar surface area (TPSA) is 58.2 Å². The SMILES string of the molecule is CNCc1ccccc1S(=O)(=O)Nc1ccc(Br)cc1F. The molecule has 0 spiro atoms. The first-order chi connectivity index (χ1) is 9.94. The molecule has 0 saturated carbocycles. The quantitative estimate of drug-likeness (QED) is 0.847. The van der Waals surface area contributed by atoms with Crippen molar-refractivity contribution in [2.24, 2.45) is 0 Å². The van der Waals surface area contributed by atoms with Crippen LogP contribution in [0.1, 0.15) is 5.56 Å². The molecule has 0 aliphatic heterocycles. The van der Waals surface area contributed by atoms with E-state index in [0.717, 1.165) is 0 Å². The molecule has 0 aromatic heterocycles. The molecule has 0 radical (unpaired) electrons. The van der Waals surface area contributed by atoms with Gasteiger partial charge in [-0.1, -0.05) is 34.1 Å². The van der Waals surface area contributed by atoms with E-state index in [1.807, 2.05) is 0 Å². The van der Waals surface area contributed by atoms with Gasteiger partial charge in [-0.05, 0) is 36.9 Å². The van der Waals surface area contributed by atoms with E-state index in [1.165, 1.54) is 18.2 Å². The molecule has 0 unspecified atom stereocenters. The van der Waals surface area contributed by atoms with Gasteiger partial charge in [0.1, 0.15) is 5.82 Å². The zero-order valence-electron chi connectivity index (χ0n) is 11.2. The minimum absolute atomic E-state index is 0.0857. The molecule has 4 nitrogen and oxygen atoms in total. The zero-order chi connectivity index (χ0) is 15.5. The van der Waals surface area contributed by atoms with Crippen molar-refractivity contribution < 1.29 is 12.8 Å². The summed E-state index contributed by atoms with van der Waals surface area (Å²) in [4.78, 5) is 0.127. The molecule has 0 fully saturated rings. The summed E-state index contributed by atoms with van der Waals surface area (Å²) < 4.78 is 41.4. The van der Waals surface area contributed by atoms with Crippen molar-refractivity contribution in [1.82, 2.24) is 5.32 Å². The number of benzene rings is 2. The largest absolute Gasteiger partial charge is 0.316 e. The summed E-state index contributed by atoms with van der Waals surface area (Å²) in [5, 5.41) is 2.91. The first-order valence-electron chi connectivity index (χ1n) is 6.14. The van der Waals surface area contributed by atoms with Gasteiger partial charge in [0.05, 0.1) is 10.6 Å². The third-order valence-corrected chi connectivity index (χ3v) is 4.76. The summed E-state index contributed by atoms with van der Waals surface area (Å²) in [5.41, 5.74) is 0.530. The molecule has 0 atom stereocenters. The molecule has 2 rings (SSSR count). The normalized spacial score (nSPS) is 11.4.